The fourth-order valence-corrected chi connectivity index (χ4v) is 2.60. The van der Waals surface area contributed by atoms with Crippen molar-refractivity contribution in [2.45, 2.75) is 25.5 Å². The van der Waals surface area contributed by atoms with Gasteiger partial charge in [-0.1, -0.05) is 19.1 Å². The molecule has 3 rings (SSSR count). The molecule has 110 valence electrons. The Morgan fingerprint density at radius 1 is 1.19 bits per heavy atom. The highest BCUT2D eigenvalue weighted by Gasteiger charge is 2.28. The van der Waals surface area contributed by atoms with Crippen LogP contribution in [-0.2, 0) is 6.42 Å². The summed E-state index contributed by atoms with van der Waals surface area (Å²) in [6.45, 7) is 3.58. The van der Waals surface area contributed by atoms with E-state index in [0.29, 0.717) is 6.61 Å². The monoisotopic (exact) mass is 284 g/mol. The molecular weight excluding hydrogens is 264 g/mol. The Morgan fingerprint density at radius 2 is 1.95 bits per heavy atom. The average molecular weight is 284 g/mol. The van der Waals surface area contributed by atoms with E-state index in [1.807, 2.05) is 48.8 Å². The Morgan fingerprint density at radius 3 is 2.71 bits per heavy atom. The molecule has 0 saturated heterocycles. The summed E-state index contributed by atoms with van der Waals surface area (Å²) in [7, 11) is 0. The molecule has 1 N–H and O–H groups in total. The molecule has 1 aliphatic heterocycles. The van der Waals surface area contributed by atoms with Crippen LogP contribution in [0.2, 0.25) is 0 Å². The number of fused-ring (bicyclic) bond motifs is 1. The van der Waals surface area contributed by atoms with Gasteiger partial charge in [-0.25, -0.2) is 0 Å². The van der Waals surface area contributed by atoms with Gasteiger partial charge in [-0.3, -0.25) is 4.98 Å². The lowest BCUT2D eigenvalue weighted by molar-refractivity contribution is 0.0624. The molecule has 2 atom stereocenters. The highest BCUT2D eigenvalue weighted by molar-refractivity contribution is 5.40. The molecule has 21 heavy (non-hydrogen) atoms. The summed E-state index contributed by atoms with van der Waals surface area (Å²) in [5.74, 6) is 1.65. The van der Waals surface area contributed by atoms with E-state index < -0.39 is 0 Å². The van der Waals surface area contributed by atoms with E-state index in [9.17, 15) is 0 Å². The van der Waals surface area contributed by atoms with Crippen molar-refractivity contribution in [3.05, 3.63) is 54.4 Å². The number of aromatic nitrogens is 1. The first kappa shape index (κ1) is 13.9. The molecule has 0 saturated carbocycles. The summed E-state index contributed by atoms with van der Waals surface area (Å²) < 4.78 is 11.9. The van der Waals surface area contributed by atoms with E-state index in [1.54, 1.807) is 0 Å². The molecule has 0 amide bonds. The molecule has 1 aromatic carbocycles. The van der Waals surface area contributed by atoms with Crippen LogP contribution in [0.4, 0.5) is 0 Å². The molecule has 0 aliphatic carbocycles. The van der Waals surface area contributed by atoms with Crippen LogP contribution in [0.25, 0.3) is 0 Å². The zero-order valence-electron chi connectivity index (χ0n) is 12.2. The first-order valence-corrected chi connectivity index (χ1v) is 7.37. The maximum atomic E-state index is 6.12. The average Bonchev–Trinajstić information content (AvgIpc) is 2.55. The predicted octanol–water partition coefficient (Wildman–Crippen LogP) is 2.44. The Labute approximate surface area is 125 Å². The topological polar surface area (TPSA) is 43.4 Å². The second kappa shape index (κ2) is 6.59. The van der Waals surface area contributed by atoms with Crippen LogP contribution >= 0.6 is 0 Å². The number of nitrogens with zero attached hydrogens (tertiary/aromatic N) is 1. The molecule has 1 aromatic heterocycles. The van der Waals surface area contributed by atoms with Crippen LogP contribution in [0.15, 0.2) is 48.8 Å². The van der Waals surface area contributed by atoms with Gasteiger partial charge in [-0.05, 0) is 42.8 Å². The molecule has 2 unspecified atom stereocenters. The van der Waals surface area contributed by atoms with Crippen LogP contribution in [-0.4, -0.2) is 30.3 Å². The normalized spacial score (nSPS) is 18.2. The van der Waals surface area contributed by atoms with Crippen molar-refractivity contribution in [3.63, 3.8) is 0 Å². The van der Waals surface area contributed by atoms with E-state index in [2.05, 4.69) is 17.2 Å². The molecule has 2 aromatic rings. The van der Waals surface area contributed by atoms with Crippen molar-refractivity contribution < 1.29 is 9.47 Å². The third-order valence-corrected chi connectivity index (χ3v) is 3.65. The minimum absolute atomic E-state index is 0.00742. The highest BCUT2D eigenvalue weighted by atomic mass is 16.6. The molecule has 0 spiro atoms. The minimum Gasteiger partial charge on any atom is -0.486 e. The molecule has 1 aliphatic rings. The van der Waals surface area contributed by atoms with Crippen molar-refractivity contribution in [3.8, 4) is 11.5 Å². The number of hydrogen-bond donors (Lipinski definition) is 1. The van der Waals surface area contributed by atoms with Crippen molar-refractivity contribution in [1.82, 2.24) is 10.3 Å². The number of benzene rings is 1. The number of hydrogen-bond acceptors (Lipinski definition) is 4. The van der Waals surface area contributed by atoms with Gasteiger partial charge in [0, 0.05) is 12.4 Å². The van der Waals surface area contributed by atoms with Gasteiger partial charge in [0.25, 0.3) is 0 Å². The third kappa shape index (κ3) is 3.34. The molecule has 0 bridgehead atoms. The Kier molecular flexibility index (Phi) is 4.36. The number of rotatable bonds is 5. The van der Waals surface area contributed by atoms with Gasteiger partial charge in [-0.2, -0.15) is 0 Å². The number of ether oxygens (including phenoxy) is 2. The predicted molar refractivity (Wildman–Crippen MR) is 81.8 cm³/mol. The van der Waals surface area contributed by atoms with Crippen LogP contribution in [0.1, 0.15) is 12.5 Å². The Balaban J connectivity index is 1.73. The van der Waals surface area contributed by atoms with Gasteiger partial charge in [0.1, 0.15) is 12.7 Å². The lowest BCUT2D eigenvalue weighted by Gasteiger charge is -2.32. The zero-order valence-corrected chi connectivity index (χ0v) is 12.2. The van der Waals surface area contributed by atoms with E-state index in [4.69, 9.17) is 9.47 Å². The van der Waals surface area contributed by atoms with Gasteiger partial charge in [0.05, 0.1) is 6.04 Å². The Bertz CT molecular complexity index is 574. The molecule has 4 nitrogen and oxygen atoms in total. The lowest BCUT2D eigenvalue weighted by Crippen LogP contribution is -2.49. The maximum Gasteiger partial charge on any atom is 0.161 e. The summed E-state index contributed by atoms with van der Waals surface area (Å²) in [6, 6.07) is 12.1. The van der Waals surface area contributed by atoms with E-state index in [0.717, 1.165) is 24.5 Å². The summed E-state index contributed by atoms with van der Waals surface area (Å²) in [5.41, 5.74) is 1.25. The van der Waals surface area contributed by atoms with E-state index >= 15 is 0 Å². The second-order valence-electron chi connectivity index (χ2n) is 5.14. The van der Waals surface area contributed by atoms with Crippen LogP contribution < -0.4 is 14.8 Å². The maximum absolute atomic E-state index is 6.12. The minimum atomic E-state index is 0.00742. The van der Waals surface area contributed by atoms with Gasteiger partial charge >= 0.3 is 0 Å². The molecule has 4 heteroatoms. The summed E-state index contributed by atoms with van der Waals surface area (Å²) >= 11 is 0. The van der Waals surface area contributed by atoms with E-state index in [-0.39, 0.29) is 12.1 Å². The molecule has 0 fully saturated rings. The number of likely N-dealkylation sites (N-methyl/N-ethyl adjacent to an activating group) is 1. The number of nitrogens with one attached hydrogen (secondary N) is 1. The first-order chi connectivity index (χ1) is 10.4. The SMILES string of the molecule is CCNC(Cc1ccncc1)C1COc2ccccc2O1. The van der Waals surface area contributed by atoms with Gasteiger partial charge in [0.2, 0.25) is 0 Å². The largest absolute Gasteiger partial charge is 0.486 e. The summed E-state index contributed by atoms with van der Waals surface area (Å²) in [5, 5.41) is 3.51. The third-order valence-electron chi connectivity index (χ3n) is 3.65. The summed E-state index contributed by atoms with van der Waals surface area (Å²) in [6.07, 6.45) is 4.55. The zero-order chi connectivity index (χ0) is 14.5. The molecule has 2 heterocycles. The van der Waals surface area contributed by atoms with Gasteiger partial charge in [-0.15, -0.1) is 0 Å². The van der Waals surface area contributed by atoms with Crippen LogP contribution in [0.5, 0.6) is 11.5 Å². The standard InChI is InChI=1S/C17H20N2O2/c1-2-19-14(11-13-7-9-18-10-8-13)17-12-20-15-5-3-4-6-16(15)21-17/h3-10,14,17,19H,2,11-12H2,1H3. The fourth-order valence-electron chi connectivity index (χ4n) is 2.60. The van der Waals surface area contributed by atoms with Crippen molar-refractivity contribution in [2.24, 2.45) is 0 Å². The number of para-hydroxylation sites is 2. The van der Waals surface area contributed by atoms with Crippen molar-refractivity contribution in [1.29, 1.82) is 0 Å². The van der Waals surface area contributed by atoms with E-state index in [1.165, 1.54) is 5.56 Å². The summed E-state index contributed by atoms with van der Waals surface area (Å²) in [4.78, 5) is 4.06. The van der Waals surface area contributed by atoms with Crippen molar-refractivity contribution >= 4 is 0 Å². The van der Waals surface area contributed by atoms with Crippen LogP contribution in [0.3, 0.4) is 0 Å². The smallest absolute Gasteiger partial charge is 0.161 e. The quantitative estimate of drug-likeness (QED) is 0.916. The molecular formula is C17H20N2O2. The Hall–Kier alpha value is -2.07. The highest BCUT2D eigenvalue weighted by Crippen LogP contribution is 2.31. The second-order valence-corrected chi connectivity index (χ2v) is 5.14. The fraction of sp³-hybridized carbons (Fsp3) is 0.353. The van der Waals surface area contributed by atoms with Crippen molar-refractivity contribution in [2.75, 3.05) is 13.2 Å². The van der Waals surface area contributed by atoms with Gasteiger partial charge in [0.15, 0.2) is 11.5 Å². The van der Waals surface area contributed by atoms with Gasteiger partial charge < -0.3 is 14.8 Å². The lowest BCUT2D eigenvalue weighted by atomic mass is 10.0. The first-order valence-electron chi connectivity index (χ1n) is 7.37. The number of pyridine rings is 1. The van der Waals surface area contributed by atoms with Crippen LogP contribution in [0, 0.1) is 0 Å². The molecule has 0 radical (unpaired) electrons.